The molecule has 1 saturated carbocycles. The van der Waals surface area contributed by atoms with Gasteiger partial charge in [-0.15, -0.1) is 0 Å². The summed E-state index contributed by atoms with van der Waals surface area (Å²) in [6.45, 7) is 7.32. The van der Waals surface area contributed by atoms with Gasteiger partial charge in [0.05, 0.1) is 11.7 Å². The number of fused-ring (bicyclic) bond motifs is 1. The van der Waals surface area contributed by atoms with Crippen LogP contribution in [0.5, 0.6) is 0 Å². The minimum absolute atomic E-state index is 0.0101. The highest BCUT2D eigenvalue weighted by atomic mass is 15.2. The van der Waals surface area contributed by atoms with E-state index in [2.05, 4.69) is 30.3 Å². The average Bonchev–Trinajstić information content (AvgIpc) is 3.01. The molecular weight excluding hydrogens is 224 g/mol. The third-order valence-corrected chi connectivity index (χ3v) is 3.85. The number of nitrogens with zero attached hydrogens (tertiary/aromatic N) is 3. The minimum Gasteiger partial charge on any atom is -0.329 e. The Morgan fingerprint density at radius 2 is 2.11 bits per heavy atom. The summed E-state index contributed by atoms with van der Waals surface area (Å²) in [7, 11) is 0. The van der Waals surface area contributed by atoms with Crippen LogP contribution in [-0.2, 0) is 11.0 Å². The third-order valence-electron chi connectivity index (χ3n) is 3.85. The van der Waals surface area contributed by atoms with Gasteiger partial charge >= 0.3 is 0 Å². The van der Waals surface area contributed by atoms with E-state index < -0.39 is 0 Å². The molecule has 18 heavy (non-hydrogen) atoms. The molecule has 2 aromatic rings. The van der Waals surface area contributed by atoms with E-state index in [1.807, 2.05) is 18.5 Å². The van der Waals surface area contributed by atoms with Crippen molar-refractivity contribution in [2.45, 2.75) is 44.6 Å². The van der Waals surface area contributed by atoms with Gasteiger partial charge in [-0.25, -0.2) is 4.98 Å². The molecule has 0 aliphatic heterocycles. The topological polar surface area (TPSA) is 56.7 Å². The van der Waals surface area contributed by atoms with Crippen LogP contribution in [0.25, 0.3) is 11.0 Å². The third kappa shape index (κ3) is 1.56. The maximum absolute atomic E-state index is 5.97. The molecule has 1 aliphatic rings. The Balaban J connectivity index is 2.31. The molecule has 2 N–H and O–H groups in total. The standard InChI is InChI=1S/C14H20N4/c1-13(2,3)18-11-4-7-16-8-10(11)17-12(18)14(9-15)5-6-14/h4,7-8H,5-6,9,15H2,1-3H3. The fraction of sp³-hybridized carbons (Fsp3) is 0.571. The molecule has 0 bridgehead atoms. The van der Waals surface area contributed by atoms with Crippen molar-refractivity contribution >= 4 is 11.0 Å². The van der Waals surface area contributed by atoms with Crippen LogP contribution in [0.4, 0.5) is 0 Å². The van der Waals surface area contributed by atoms with Crippen LogP contribution in [0, 0.1) is 0 Å². The minimum atomic E-state index is 0.0101. The second-order valence-electron chi connectivity index (χ2n) is 6.29. The number of nitrogens with two attached hydrogens (primary N) is 1. The first-order valence-electron chi connectivity index (χ1n) is 6.51. The van der Waals surface area contributed by atoms with Crippen LogP contribution in [-0.4, -0.2) is 21.1 Å². The molecule has 2 aromatic heterocycles. The largest absolute Gasteiger partial charge is 0.329 e. The number of pyridine rings is 1. The summed E-state index contributed by atoms with van der Waals surface area (Å²) in [6, 6.07) is 2.05. The number of imidazole rings is 1. The zero-order chi connectivity index (χ0) is 13.0. The van der Waals surface area contributed by atoms with Gasteiger partial charge in [0, 0.05) is 23.7 Å². The Bertz CT molecular complexity index is 587. The Morgan fingerprint density at radius 1 is 1.39 bits per heavy atom. The van der Waals surface area contributed by atoms with E-state index in [1.54, 1.807) is 0 Å². The summed E-state index contributed by atoms with van der Waals surface area (Å²) < 4.78 is 2.34. The predicted octanol–water partition coefficient (Wildman–Crippen LogP) is 2.18. The highest BCUT2D eigenvalue weighted by molar-refractivity contribution is 5.75. The second-order valence-corrected chi connectivity index (χ2v) is 6.29. The molecule has 0 aromatic carbocycles. The summed E-state index contributed by atoms with van der Waals surface area (Å²) in [5.74, 6) is 1.14. The van der Waals surface area contributed by atoms with Crippen LogP contribution in [0.3, 0.4) is 0 Å². The maximum Gasteiger partial charge on any atom is 0.117 e. The first kappa shape index (κ1) is 11.7. The molecule has 2 heterocycles. The van der Waals surface area contributed by atoms with E-state index in [0.717, 1.165) is 29.7 Å². The Kier molecular flexibility index (Phi) is 2.29. The van der Waals surface area contributed by atoms with Gasteiger partial charge in [0.2, 0.25) is 0 Å². The van der Waals surface area contributed by atoms with E-state index in [1.165, 1.54) is 0 Å². The monoisotopic (exact) mass is 244 g/mol. The molecule has 0 unspecified atom stereocenters. The molecular formula is C14H20N4. The number of aromatic nitrogens is 3. The molecule has 0 radical (unpaired) electrons. The van der Waals surface area contributed by atoms with Gasteiger partial charge in [0.25, 0.3) is 0 Å². The second kappa shape index (κ2) is 3.54. The van der Waals surface area contributed by atoms with Gasteiger partial charge in [0.15, 0.2) is 0 Å². The zero-order valence-electron chi connectivity index (χ0n) is 11.3. The molecule has 1 aliphatic carbocycles. The van der Waals surface area contributed by atoms with Crippen LogP contribution in [0.2, 0.25) is 0 Å². The van der Waals surface area contributed by atoms with Gasteiger partial charge < -0.3 is 10.3 Å². The van der Waals surface area contributed by atoms with Gasteiger partial charge in [-0.2, -0.15) is 0 Å². The van der Waals surface area contributed by atoms with Crippen molar-refractivity contribution in [1.82, 2.24) is 14.5 Å². The molecule has 0 saturated heterocycles. The summed E-state index contributed by atoms with van der Waals surface area (Å²) in [6.07, 6.45) is 5.97. The van der Waals surface area contributed by atoms with Gasteiger partial charge in [-0.1, -0.05) is 0 Å². The zero-order valence-corrected chi connectivity index (χ0v) is 11.3. The van der Waals surface area contributed by atoms with E-state index in [4.69, 9.17) is 10.7 Å². The maximum atomic E-state index is 5.97. The lowest BCUT2D eigenvalue weighted by Crippen LogP contribution is -2.31. The van der Waals surface area contributed by atoms with Crippen LogP contribution in [0.1, 0.15) is 39.4 Å². The van der Waals surface area contributed by atoms with E-state index in [9.17, 15) is 0 Å². The number of hydrogen-bond donors (Lipinski definition) is 1. The normalized spacial score (nSPS) is 18.2. The molecule has 0 amide bonds. The average molecular weight is 244 g/mol. The van der Waals surface area contributed by atoms with E-state index in [0.29, 0.717) is 6.54 Å². The Hall–Kier alpha value is -1.42. The van der Waals surface area contributed by atoms with Crippen molar-refractivity contribution in [2.24, 2.45) is 5.73 Å². The van der Waals surface area contributed by atoms with Crippen molar-refractivity contribution in [1.29, 1.82) is 0 Å². The van der Waals surface area contributed by atoms with Crippen LogP contribution >= 0.6 is 0 Å². The van der Waals surface area contributed by atoms with Crippen molar-refractivity contribution in [3.8, 4) is 0 Å². The summed E-state index contributed by atoms with van der Waals surface area (Å²) in [4.78, 5) is 8.98. The van der Waals surface area contributed by atoms with Gasteiger partial charge in [-0.05, 0) is 39.7 Å². The lowest BCUT2D eigenvalue weighted by atomic mass is 10.0. The molecule has 3 rings (SSSR count). The van der Waals surface area contributed by atoms with Crippen LogP contribution in [0.15, 0.2) is 18.5 Å². The Morgan fingerprint density at radius 3 is 2.67 bits per heavy atom. The molecule has 1 fully saturated rings. The van der Waals surface area contributed by atoms with Crippen molar-refractivity contribution < 1.29 is 0 Å². The van der Waals surface area contributed by atoms with E-state index >= 15 is 0 Å². The highest BCUT2D eigenvalue weighted by Crippen LogP contribution is 2.48. The first-order chi connectivity index (χ1) is 8.48. The Labute approximate surface area is 107 Å². The fourth-order valence-electron chi connectivity index (χ4n) is 2.64. The highest BCUT2D eigenvalue weighted by Gasteiger charge is 2.48. The molecule has 96 valence electrons. The molecule has 4 heteroatoms. The SMILES string of the molecule is CC(C)(C)n1c(C2(CN)CC2)nc2cnccc21. The summed E-state index contributed by atoms with van der Waals surface area (Å²) in [5, 5.41) is 0. The first-order valence-corrected chi connectivity index (χ1v) is 6.51. The number of rotatable bonds is 2. The van der Waals surface area contributed by atoms with Gasteiger partial charge in [-0.3, -0.25) is 4.98 Å². The van der Waals surface area contributed by atoms with Gasteiger partial charge in [0.1, 0.15) is 11.3 Å². The van der Waals surface area contributed by atoms with E-state index in [-0.39, 0.29) is 11.0 Å². The quantitative estimate of drug-likeness (QED) is 0.881. The van der Waals surface area contributed by atoms with Crippen molar-refractivity contribution in [3.05, 3.63) is 24.3 Å². The lowest BCUT2D eigenvalue weighted by Gasteiger charge is -2.27. The molecule has 0 atom stereocenters. The predicted molar refractivity (Wildman–Crippen MR) is 72.5 cm³/mol. The van der Waals surface area contributed by atoms with Crippen molar-refractivity contribution in [2.75, 3.05) is 6.54 Å². The number of hydrogen-bond acceptors (Lipinski definition) is 3. The molecule has 4 nitrogen and oxygen atoms in total. The van der Waals surface area contributed by atoms with Crippen molar-refractivity contribution in [3.63, 3.8) is 0 Å². The summed E-state index contributed by atoms with van der Waals surface area (Å²) >= 11 is 0. The lowest BCUT2D eigenvalue weighted by molar-refractivity contribution is 0.379. The molecule has 0 spiro atoms. The summed E-state index contributed by atoms with van der Waals surface area (Å²) in [5.41, 5.74) is 8.21. The smallest absolute Gasteiger partial charge is 0.117 e. The fourth-order valence-corrected chi connectivity index (χ4v) is 2.64. The van der Waals surface area contributed by atoms with Crippen LogP contribution < -0.4 is 5.73 Å².